The van der Waals surface area contributed by atoms with Crippen LogP contribution in [-0.2, 0) is 6.42 Å². The molecule has 4 nitrogen and oxygen atoms in total. The number of aryl methyl sites for hydroxylation is 1. The average Bonchev–Trinajstić information content (AvgIpc) is 2.61. The molecule has 0 atom stereocenters. The molecule has 0 aliphatic rings. The summed E-state index contributed by atoms with van der Waals surface area (Å²) in [5, 5.41) is 3.88. The van der Waals surface area contributed by atoms with Gasteiger partial charge in [-0.05, 0) is 12.5 Å². The molecule has 2 N–H and O–H groups in total. The van der Waals surface area contributed by atoms with Crippen molar-refractivity contribution in [2.45, 2.75) is 13.3 Å². The summed E-state index contributed by atoms with van der Waals surface area (Å²) in [5.41, 5.74) is 8.37. The lowest BCUT2D eigenvalue weighted by atomic mass is 10.1. The first-order valence-corrected chi connectivity index (χ1v) is 4.47. The van der Waals surface area contributed by atoms with E-state index in [-0.39, 0.29) is 0 Å². The monoisotopic (exact) mass is 189 g/mol. The highest BCUT2D eigenvalue weighted by Crippen LogP contribution is 2.28. The lowest BCUT2D eigenvalue weighted by molar-refractivity contribution is 0.428. The summed E-state index contributed by atoms with van der Waals surface area (Å²) in [6.45, 7) is 2.01. The van der Waals surface area contributed by atoms with Gasteiger partial charge >= 0.3 is 0 Å². The molecule has 0 saturated heterocycles. The fourth-order valence-electron chi connectivity index (χ4n) is 1.40. The van der Waals surface area contributed by atoms with Gasteiger partial charge in [0.05, 0.1) is 11.3 Å². The Labute approximate surface area is 81.7 Å². The van der Waals surface area contributed by atoms with Gasteiger partial charge < -0.3 is 10.3 Å². The molecular formula is C10H11N3O. The molecule has 0 bridgehead atoms. The van der Waals surface area contributed by atoms with E-state index in [0.717, 1.165) is 23.2 Å². The second-order valence-corrected chi connectivity index (χ2v) is 2.96. The Kier molecular flexibility index (Phi) is 2.18. The highest BCUT2D eigenvalue weighted by atomic mass is 16.5. The van der Waals surface area contributed by atoms with Crippen molar-refractivity contribution in [3.63, 3.8) is 0 Å². The molecule has 0 amide bonds. The number of pyridine rings is 1. The van der Waals surface area contributed by atoms with Gasteiger partial charge in [-0.1, -0.05) is 18.1 Å². The molecule has 2 aromatic heterocycles. The third-order valence-electron chi connectivity index (χ3n) is 2.07. The first-order chi connectivity index (χ1) is 6.83. The smallest absolute Gasteiger partial charge is 0.230 e. The molecule has 2 rings (SSSR count). The minimum absolute atomic E-state index is 0.356. The second kappa shape index (κ2) is 3.49. The van der Waals surface area contributed by atoms with Gasteiger partial charge in [-0.3, -0.25) is 4.98 Å². The molecule has 0 saturated carbocycles. The third-order valence-corrected chi connectivity index (χ3v) is 2.07. The van der Waals surface area contributed by atoms with Crippen LogP contribution in [0, 0.1) is 0 Å². The number of nitrogen functional groups attached to an aromatic ring is 1. The third kappa shape index (κ3) is 1.35. The molecule has 0 aliphatic carbocycles. The van der Waals surface area contributed by atoms with Crippen LogP contribution >= 0.6 is 0 Å². The molecule has 0 fully saturated rings. The van der Waals surface area contributed by atoms with Gasteiger partial charge in [0.2, 0.25) is 5.88 Å². The summed E-state index contributed by atoms with van der Waals surface area (Å²) < 4.78 is 4.94. The first-order valence-electron chi connectivity index (χ1n) is 4.47. The molecule has 2 heterocycles. The van der Waals surface area contributed by atoms with Gasteiger partial charge in [0.25, 0.3) is 0 Å². The highest BCUT2D eigenvalue weighted by molar-refractivity contribution is 5.74. The number of aromatic nitrogens is 2. The lowest BCUT2D eigenvalue weighted by Gasteiger charge is -1.98. The summed E-state index contributed by atoms with van der Waals surface area (Å²) in [6.07, 6.45) is 4.27. The van der Waals surface area contributed by atoms with E-state index in [1.165, 1.54) is 0 Å². The standard InChI is InChI=1S/C10H11N3O/c1-2-8-9(10(11)14-13-8)7-4-3-5-12-6-7/h3-6H,2,11H2,1H3. The van der Waals surface area contributed by atoms with Gasteiger partial charge in [0.15, 0.2) is 0 Å². The molecule has 0 aliphatic heterocycles. The maximum atomic E-state index is 5.69. The summed E-state index contributed by atoms with van der Waals surface area (Å²) in [5.74, 6) is 0.356. The van der Waals surface area contributed by atoms with Crippen molar-refractivity contribution in [1.82, 2.24) is 10.1 Å². The Bertz CT molecular complexity index is 422. The Morgan fingerprint density at radius 3 is 3.00 bits per heavy atom. The van der Waals surface area contributed by atoms with Crippen molar-refractivity contribution in [3.8, 4) is 11.1 Å². The fraction of sp³-hybridized carbons (Fsp3) is 0.200. The SMILES string of the molecule is CCc1noc(N)c1-c1cccnc1. The van der Waals surface area contributed by atoms with E-state index in [0.29, 0.717) is 5.88 Å². The molecule has 0 aromatic carbocycles. The second-order valence-electron chi connectivity index (χ2n) is 2.96. The van der Waals surface area contributed by atoms with E-state index in [9.17, 15) is 0 Å². The van der Waals surface area contributed by atoms with Gasteiger partial charge in [0, 0.05) is 18.0 Å². The lowest BCUT2D eigenvalue weighted by Crippen LogP contribution is -1.89. The van der Waals surface area contributed by atoms with Gasteiger partial charge in [0.1, 0.15) is 0 Å². The normalized spacial score (nSPS) is 10.4. The Morgan fingerprint density at radius 2 is 2.36 bits per heavy atom. The molecular weight excluding hydrogens is 178 g/mol. The maximum Gasteiger partial charge on any atom is 0.230 e. The van der Waals surface area contributed by atoms with E-state index < -0.39 is 0 Å². The average molecular weight is 189 g/mol. The van der Waals surface area contributed by atoms with Gasteiger partial charge in [-0.2, -0.15) is 0 Å². The zero-order valence-corrected chi connectivity index (χ0v) is 7.90. The van der Waals surface area contributed by atoms with Gasteiger partial charge in [-0.25, -0.2) is 0 Å². The van der Waals surface area contributed by atoms with Crippen LogP contribution in [0.4, 0.5) is 5.88 Å². The summed E-state index contributed by atoms with van der Waals surface area (Å²) in [7, 11) is 0. The van der Waals surface area contributed by atoms with Crippen molar-refractivity contribution < 1.29 is 4.52 Å². The zero-order valence-electron chi connectivity index (χ0n) is 7.90. The number of hydrogen-bond acceptors (Lipinski definition) is 4. The minimum Gasteiger partial charge on any atom is -0.367 e. The Morgan fingerprint density at radius 1 is 1.50 bits per heavy atom. The number of rotatable bonds is 2. The largest absolute Gasteiger partial charge is 0.367 e. The predicted molar refractivity (Wildman–Crippen MR) is 53.5 cm³/mol. The van der Waals surface area contributed by atoms with E-state index >= 15 is 0 Å². The van der Waals surface area contributed by atoms with Crippen LogP contribution in [0.25, 0.3) is 11.1 Å². The van der Waals surface area contributed by atoms with Gasteiger partial charge in [-0.15, -0.1) is 0 Å². The van der Waals surface area contributed by atoms with Crippen LogP contribution < -0.4 is 5.73 Å². The minimum atomic E-state index is 0.356. The van der Waals surface area contributed by atoms with Crippen LogP contribution in [0.3, 0.4) is 0 Å². The van der Waals surface area contributed by atoms with E-state index in [4.69, 9.17) is 10.3 Å². The van der Waals surface area contributed by atoms with Crippen LogP contribution in [0.2, 0.25) is 0 Å². The zero-order chi connectivity index (χ0) is 9.97. The van der Waals surface area contributed by atoms with E-state index in [1.807, 2.05) is 19.1 Å². The van der Waals surface area contributed by atoms with Crippen LogP contribution in [0.5, 0.6) is 0 Å². The topological polar surface area (TPSA) is 64.9 Å². The summed E-state index contributed by atoms with van der Waals surface area (Å²) >= 11 is 0. The number of anilines is 1. The quantitative estimate of drug-likeness (QED) is 0.783. The van der Waals surface area contributed by atoms with Crippen molar-refractivity contribution in [3.05, 3.63) is 30.2 Å². The first kappa shape index (κ1) is 8.74. The Hall–Kier alpha value is -1.84. The number of hydrogen-bond donors (Lipinski definition) is 1. The summed E-state index contributed by atoms with van der Waals surface area (Å²) in [4.78, 5) is 4.03. The van der Waals surface area contributed by atoms with Crippen molar-refractivity contribution >= 4 is 5.88 Å². The predicted octanol–water partition coefficient (Wildman–Crippen LogP) is 1.88. The fourth-order valence-corrected chi connectivity index (χ4v) is 1.40. The van der Waals surface area contributed by atoms with Crippen molar-refractivity contribution in [2.75, 3.05) is 5.73 Å². The molecule has 2 aromatic rings. The molecule has 0 spiro atoms. The number of nitrogens with two attached hydrogens (primary N) is 1. The van der Waals surface area contributed by atoms with Crippen molar-refractivity contribution in [2.24, 2.45) is 0 Å². The summed E-state index contributed by atoms with van der Waals surface area (Å²) in [6, 6.07) is 3.80. The van der Waals surface area contributed by atoms with Crippen LogP contribution in [0.1, 0.15) is 12.6 Å². The molecule has 4 heteroatoms. The van der Waals surface area contributed by atoms with E-state index in [2.05, 4.69) is 10.1 Å². The molecule has 72 valence electrons. The van der Waals surface area contributed by atoms with Crippen LogP contribution in [-0.4, -0.2) is 10.1 Å². The maximum absolute atomic E-state index is 5.69. The number of nitrogens with zero attached hydrogens (tertiary/aromatic N) is 2. The Balaban J connectivity index is 2.55. The van der Waals surface area contributed by atoms with Crippen LogP contribution in [0.15, 0.2) is 29.0 Å². The molecule has 0 radical (unpaired) electrons. The van der Waals surface area contributed by atoms with Crippen molar-refractivity contribution in [1.29, 1.82) is 0 Å². The van der Waals surface area contributed by atoms with E-state index in [1.54, 1.807) is 12.4 Å². The highest BCUT2D eigenvalue weighted by Gasteiger charge is 2.13. The molecule has 0 unspecified atom stereocenters. The molecule has 14 heavy (non-hydrogen) atoms.